The molecule has 0 bridgehead atoms. The second-order valence-electron chi connectivity index (χ2n) is 23.3. The molecule has 412 valence electrons. The highest BCUT2D eigenvalue weighted by Crippen LogP contribution is 2.59. The van der Waals surface area contributed by atoms with Gasteiger partial charge in [0.2, 0.25) is 0 Å². The Morgan fingerprint density at radius 2 is 0.703 bits per heavy atom. The van der Waals surface area contributed by atoms with Crippen LogP contribution in [0, 0.1) is 0 Å². The van der Waals surface area contributed by atoms with Gasteiger partial charge in [0.25, 0.3) is 0 Å². The van der Waals surface area contributed by atoms with Gasteiger partial charge in [0, 0.05) is 27.5 Å². The highest BCUT2D eigenvalue weighted by Gasteiger charge is 2.42. The lowest BCUT2D eigenvalue weighted by Gasteiger charge is -2.46. The zero-order valence-corrected chi connectivity index (χ0v) is 54.5. The van der Waals surface area contributed by atoms with Crippen molar-refractivity contribution in [3.63, 3.8) is 0 Å². The first-order chi connectivity index (χ1) is 36.2. The predicted molar refractivity (Wildman–Crippen MR) is 347 cm³/mol. The summed E-state index contributed by atoms with van der Waals surface area (Å²) in [7, 11) is -5.45. The number of nitrogens with zero attached hydrogens (tertiary/aromatic N) is 1. The van der Waals surface area contributed by atoms with Gasteiger partial charge in [-0.05, 0) is 40.9 Å². The molecular weight excluding hydrogens is 981 g/mol. The maximum absolute atomic E-state index is 6.60. The van der Waals surface area contributed by atoms with Gasteiger partial charge in [0.05, 0.1) is 31.3 Å². The van der Waals surface area contributed by atoms with E-state index in [1.165, 1.54) is 207 Å². The fourth-order valence-corrected chi connectivity index (χ4v) is 37.1. The molecule has 74 heavy (non-hydrogen) atoms. The second-order valence-corrected chi connectivity index (χ2v) is 41.7. The molecule has 0 amide bonds. The van der Waals surface area contributed by atoms with E-state index in [9.17, 15) is 0 Å². The van der Waals surface area contributed by atoms with Crippen molar-refractivity contribution in [1.29, 1.82) is 0 Å². The minimum absolute atomic E-state index is 0.494. The van der Waals surface area contributed by atoms with Gasteiger partial charge in [-0.1, -0.05) is 352 Å². The molecule has 0 aliphatic heterocycles. The summed E-state index contributed by atoms with van der Waals surface area (Å²) in [5, 5.41) is 11.5. The molecule has 0 saturated heterocycles. The summed E-state index contributed by atoms with van der Waals surface area (Å²) in [6.07, 6.45) is 30.5. The van der Waals surface area contributed by atoms with E-state index in [2.05, 4.69) is 164 Å². The molecular formula is C67H111NOP2Si3. The van der Waals surface area contributed by atoms with Crippen LogP contribution in [0.1, 0.15) is 210 Å². The van der Waals surface area contributed by atoms with Crippen molar-refractivity contribution in [3.8, 4) is 5.75 Å². The maximum atomic E-state index is 6.60. The average Bonchev–Trinajstić information content (AvgIpc) is 3.45. The highest BCUT2D eigenvalue weighted by atomic mass is 31.2. The van der Waals surface area contributed by atoms with Crippen molar-refractivity contribution in [3.05, 3.63) is 97.1 Å². The van der Waals surface area contributed by atoms with Crippen molar-refractivity contribution in [2.24, 2.45) is 0 Å². The Kier molecular flexibility index (Phi) is 29.1. The molecule has 1 aliphatic carbocycles. The number of para-hydroxylation sites is 1. The summed E-state index contributed by atoms with van der Waals surface area (Å²) < 4.78 is 9.90. The second kappa shape index (κ2) is 34.2. The van der Waals surface area contributed by atoms with Crippen molar-refractivity contribution in [1.82, 2.24) is 4.44 Å². The van der Waals surface area contributed by atoms with Crippen LogP contribution in [0.2, 0.25) is 54.4 Å². The molecule has 2 nitrogen and oxygen atoms in total. The van der Waals surface area contributed by atoms with E-state index in [1.54, 1.807) is 31.5 Å². The van der Waals surface area contributed by atoms with E-state index < -0.39 is 40.4 Å². The van der Waals surface area contributed by atoms with Crippen LogP contribution >= 0.6 is 16.1 Å². The molecule has 4 aromatic rings. The third-order valence-electron chi connectivity index (χ3n) is 17.8. The summed E-state index contributed by atoms with van der Waals surface area (Å²) in [6, 6.07) is 55.0. The lowest BCUT2D eigenvalue weighted by atomic mass is 9.96. The molecule has 1 saturated carbocycles. The van der Waals surface area contributed by atoms with Crippen molar-refractivity contribution < 1.29 is 4.74 Å². The molecule has 1 fully saturated rings. The lowest BCUT2D eigenvalue weighted by Crippen LogP contribution is -2.50. The zero-order valence-electron chi connectivity index (χ0n) is 49.7. The first-order valence-electron chi connectivity index (χ1n) is 31.6. The SMILES string of the molecule is CCCC[Si](CCCC)(CCCC)c1cccc(P(c2cccc([Si](CCCC)(CCCC)CCCC)c2)N(C2CCCCC2)P(c2cccc([Si](CCCC)(CCCC)CCCC)c2)c2ccccc2OC)c1. The van der Waals surface area contributed by atoms with E-state index in [0.717, 1.165) is 5.75 Å². The van der Waals surface area contributed by atoms with Gasteiger partial charge in [-0.15, -0.1) is 0 Å². The fraction of sp³-hybridized carbons (Fsp3) is 0.642. The first kappa shape index (κ1) is 63.0. The Morgan fingerprint density at radius 3 is 1.01 bits per heavy atom. The third-order valence-corrected chi connectivity index (χ3v) is 39.9. The molecule has 0 heterocycles. The Balaban J connectivity index is 1.96. The molecule has 1 unspecified atom stereocenters. The first-order valence-corrected chi connectivity index (χ1v) is 42.0. The quantitative estimate of drug-likeness (QED) is 0.0328. The minimum atomic E-state index is -1.82. The van der Waals surface area contributed by atoms with Crippen molar-refractivity contribution in [2.75, 3.05) is 7.11 Å². The normalized spacial score (nSPS) is 14.3. The van der Waals surface area contributed by atoms with Crippen LogP contribution in [-0.2, 0) is 0 Å². The molecule has 1 atom stereocenters. The molecule has 0 spiro atoms. The van der Waals surface area contributed by atoms with E-state index in [-0.39, 0.29) is 0 Å². The summed E-state index contributed by atoms with van der Waals surface area (Å²) in [4.78, 5) is 0. The van der Waals surface area contributed by atoms with Crippen LogP contribution in [0.5, 0.6) is 5.75 Å². The Hall–Kier alpha value is -1.85. The molecule has 0 aromatic heterocycles. The molecule has 0 radical (unpaired) electrons. The van der Waals surface area contributed by atoms with Crippen LogP contribution in [0.3, 0.4) is 0 Å². The molecule has 7 heteroatoms. The van der Waals surface area contributed by atoms with Crippen LogP contribution in [-0.4, -0.2) is 41.8 Å². The van der Waals surface area contributed by atoms with Gasteiger partial charge in [0.1, 0.15) is 5.75 Å². The predicted octanol–water partition coefficient (Wildman–Crippen LogP) is 18.9. The Labute approximate surface area is 463 Å². The summed E-state index contributed by atoms with van der Waals surface area (Å²) in [5.41, 5.74) is 0. The van der Waals surface area contributed by atoms with E-state index >= 15 is 0 Å². The summed E-state index contributed by atoms with van der Waals surface area (Å²) in [6.45, 7) is 21.9. The van der Waals surface area contributed by atoms with Crippen LogP contribution in [0.4, 0.5) is 0 Å². The van der Waals surface area contributed by atoms with Crippen LogP contribution in [0.25, 0.3) is 0 Å². The summed E-state index contributed by atoms with van der Waals surface area (Å²) in [5.74, 6) is 1.07. The van der Waals surface area contributed by atoms with Crippen molar-refractivity contribution in [2.45, 2.75) is 270 Å². The largest absolute Gasteiger partial charge is 0.496 e. The van der Waals surface area contributed by atoms with Gasteiger partial charge in [-0.2, -0.15) is 0 Å². The fourth-order valence-electron chi connectivity index (χ4n) is 13.2. The van der Waals surface area contributed by atoms with Crippen molar-refractivity contribution >= 4 is 77.1 Å². The van der Waals surface area contributed by atoms with Gasteiger partial charge < -0.3 is 4.74 Å². The number of hydrogen-bond donors (Lipinski definition) is 0. The van der Waals surface area contributed by atoms with Gasteiger partial charge in [-0.3, -0.25) is 0 Å². The number of rotatable bonds is 38. The van der Waals surface area contributed by atoms with Gasteiger partial charge in [-0.25, -0.2) is 4.44 Å². The van der Waals surface area contributed by atoms with Crippen LogP contribution in [0.15, 0.2) is 97.1 Å². The molecule has 0 N–H and O–H groups in total. The number of methoxy groups -OCH3 is 1. The number of unbranched alkanes of at least 4 members (excludes halogenated alkanes) is 9. The number of ether oxygens (including phenoxy) is 1. The molecule has 4 aromatic carbocycles. The smallest absolute Gasteiger partial charge is 0.128 e. The van der Waals surface area contributed by atoms with Gasteiger partial charge >= 0.3 is 0 Å². The Bertz CT molecular complexity index is 2000. The zero-order chi connectivity index (χ0) is 53.1. The highest BCUT2D eigenvalue weighted by molar-refractivity contribution is 7.84. The molecule has 1 aliphatic rings. The summed E-state index contributed by atoms with van der Waals surface area (Å²) >= 11 is 0. The topological polar surface area (TPSA) is 12.5 Å². The number of benzene rings is 4. The maximum Gasteiger partial charge on any atom is 0.128 e. The average molecular weight is 1090 g/mol. The molecule has 5 rings (SSSR count). The van der Waals surface area contributed by atoms with E-state index in [1.807, 2.05) is 7.11 Å². The van der Waals surface area contributed by atoms with E-state index in [0.29, 0.717) is 6.04 Å². The van der Waals surface area contributed by atoms with Gasteiger partial charge in [0.15, 0.2) is 0 Å². The van der Waals surface area contributed by atoms with Crippen LogP contribution < -0.4 is 41.5 Å². The third kappa shape index (κ3) is 17.1. The number of hydrogen-bond acceptors (Lipinski definition) is 2. The standard InChI is InChI=1S/C67H111NOP2Si3/c1-11-20-47-72(48-21-12-2,49-22-13-3)63-42-34-39-60(56-63)70(61-40-35-43-64(57-61)73(50-23-14-4,51-24-15-5)52-25-16-6)68(59-37-30-29-31-38-59)71(67-46-33-32-45-66(67)69-10)62-41-36-44-65(58-62)74(53-26-17-7,54-27-18-8)55-28-19-9/h32-36,39-46,56-59H,11-31,37-38,47-55H2,1-10H3. The lowest BCUT2D eigenvalue weighted by molar-refractivity contribution is 0.355. The monoisotopic (exact) mass is 1090 g/mol. The Morgan fingerprint density at radius 1 is 0.392 bits per heavy atom. The minimum Gasteiger partial charge on any atom is -0.496 e. The van der Waals surface area contributed by atoms with E-state index in [4.69, 9.17) is 4.74 Å².